The number of aromatic nitrogens is 2. The number of fused-ring (bicyclic) bond motifs is 4. The van der Waals surface area contributed by atoms with Gasteiger partial charge < -0.3 is 14.8 Å². The summed E-state index contributed by atoms with van der Waals surface area (Å²) < 4.78 is 5.13. The summed E-state index contributed by atoms with van der Waals surface area (Å²) in [5, 5.41) is 10.5. The number of nitrogens with one attached hydrogen (secondary N) is 1. The molecule has 0 fully saturated rings. The fourth-order valence-electron chi connectivity index (χ4n) is 4.27. The van der Waals surface area contributed by atoms with E-state index < -0.39 is 11.9 Å². The van der Waals surface area contributed by atoms with Gasteiger partial charge in [0.1, 0.15) is 0 Å². The van der Waals surface area contributed by atoms with Crippen LogP contribution in [0.3, 0.4) is 0 Å². The number of hydrogen-bond acceptors (Lipinski definition) is 4. The van der Waals surface area contributed by atoms with Gasteiger partial charge in [0.05, 0.1) is 17.9 Å². The molecule has 6 heteroatoms. The topological polar surface area (TPSA) is 92.3 Å². The van der Waals surface area contributed by atoms with Crippen LogP contribution in [0.5, 0.6) is 0 Å². The van der Waals surface area contributed by atoms with E-state index in [1.165, 1.54) is 6.08 Å². The van der Waals surface area contributed by atoms with Crippen molar-refractivity contribution < 1.29 is 19.4 Å². The van der Waals surface area contributed by atoms with E-state index in [1.54, 1.807) is 25.4 Å². The first-order chi connectivity index (χ1) is 15.1. The van der Waals surface area contributed by atoms with E-state index in [1.807, 2.05) is 42.5 Å². The Balaban J connectivity index is 1.82. The van der Waals surface area contributed by atoms with Crippen molar-refractivity contribution in [1.82, 2.24) is 9.97 Å². The fraction of sp³-hybridized carbons (Fsp3) is 0.0800. The van der Waals surface area contributed by atoms with Crippen molar-refractivity contribution in [2.24, 2.45) is 0 Å². The van der Waals surface area contributed by atoms with Gasteiger partial charge in [-0.25, -0.2) is 9.59 Å². The van der Waals surface area contributed by atoms with Crippen LogP contribution in [0.1, 0.15) is 28.4 Å². The molecule has 0 spiro atoms. The monoisotopic (exact) mass is 410 g/mol. The Kier molecular flexibility index (Phi) is 4.40. The highest BCUT2D eigenvalue weighted by molar-refractivity contribution is 6.14. The molecule has 5 rings (SSSR count). The minimum atomic E-state index is -1.03. The van der Waals surface area contributed by atoms with Gasteiger partial charge in [-0.05, 0) is 40.8 Å². The Morgan fingerprint density at radius 2 is 1.77 bits per heavy atom. The lowest BCUT2D eigenvalue weighted by Gasteiger charge is -2.10. The number of pyridine rings is 1. The molecule has 0 amide bonds. The maximum Gasteiger partial charge on any atom is 0.338 e. The van der Waals surface area contributed by atoms with Gasteiger partial charge in [-0.2, -0.15) is 0 Å². The number of hydrogen-bond donors (Lipinski definition) is 2. The normalized spacial score (nSPS) is 13.3. The van der Waals surface area contributed by atoms with Crippen LogP contribution in [0.4, 0.5) is 0 Å². The summed E-state index contributed by atoms with van der Waals surface area (Å²) in [5.74, 6) is -1.44. The molecule has 0 aliphatic heterocycles. The Bertz CT molecular complexity index is 1400. The van der Waals surface area contributed by atoms with Crippen molar-refractivity contribution >= 4 is 28.4 Å². The zero-order chi connectivity index (χ0) is 21.5. The van der Waals surface area contributed by atoms with E-state index >= 15 is 0 Å². The van der Waals surface area contributed by atoms with Crippen molar-refractivity contribution in [2.45, 2.75) is 6.92 Å². The summed E-state index contributed by atoms with van der Waals surface area (Å²) in [7, 11) is 0. The van der Waals surface area contributed by atoms with E-state index in [4.69, 9.17) is 4.74 Å². The summed E-state index contributed by atoms with van der Waals surface area (Å²) in [4.78, 5) is 31.8. The highest BCUT2D eigenvalue weighted by Crippen LogP contribution is 2.49. The molecule has 2 N–H and O–H groups in total. The molecule has 1 aliphatic carbocycles. The number of rotatable bonds is 4. The molecule has 152 valence electrons. The van der Waals surface area contributed by atoms with Crippen LogP contribution in [-0.2, 0) is 9.53 Å². The second-order valence-electron chi connectivity index (χ2n) is 7.19. The number of esters is 1. The highest BCUT2D eigenvalue weighted by atomic mass is 16.5. The second-order valence-corrected chi connectivity index (χ2v) is 7.19. The first-order valence-electron chi connectivity index (χ1n) is 9.91. The lowest BCUT2D eigenvalue weighted by atomic mass is 9.95. The number of H-pyrrole nitrogens is 1. The third-order valence-electron chi connectivity index (χ3n) is 5.47. The number of carboxylic acids is 1. The Morgan fingerprint density at radius 1 is 1.03 bits per heavy atom. The van der Waals surface area contributed by atoms with Gasteiger partial charge in [-0.1, -0.05) is 42.5 Å². The Hall–Kier alpha value is -4.19. The lowest BCUT2D eigenvalue weighted by Crippen LogP contribution is -2.01. The highest BCUT2D eigenvalue weighted by Gasteiger charge is 2.29. The average molecular weight is 410 g/mol. The van der Waals surface area contributed by atoms with E-state index in [-0.39, 0.29) is 5.56 Å². The summed E-state index contributed by atoms with van der Waals surface area (Å²) in [5.41, 5.74) is 6.51. The predicted octanol–water partition coefficient (Wildman–Crippen LogP) is 4.90. The number of ether oxygens (including phenoxy) is 1. The summed E-state index contributed by atoms with van der Waals surface area (Å²) >= 11 is 0. The molecule has 0 radical (unpaired) electrons. The first kappa shape index (κ1) is 18.8. The largest absolute Gasteiger partial charge is 0.478 e. The van der Waals surface area contributed by atoms with E-state index in [9.17, 15) is 14.7 Å². The van der Waals surface area contributed by atoms with Gasteiger partial charge in [0.25, 0.3) is 0 Å². The number of benzene rings is 2. The number of carbonyl (C=O) groups is 2. The van der Waals surface area contributed by atoms with Crippen LogP contribution in [0, 0.1) is 0 Å². The molecular weight excluding hydrogens is 392 g/mol. The van der Waals surface area contributed by atoms with Gasteiger partial charge in [0.2, 0.25) is 0 Å². The van der Waals surface area contributed by atoms with Gasteiger partial charge in [0, 0.05) is 34.9 Å². The zero-order valence-corrected chi connectivity index (χ0v) is 16.7. The number of carbonyl (C=O) groups excluding carboxylic acids is 1. The van der Waals surface area contributed by atoms with Crippen LogP contribution in [0.15, 0.2) is 67.0 Å². The minimum absolute atomic E-state index is 0.178. The molecule has 0 bridgehead atoms. The smallest absolute Gasteiger partial charge is 0.338 e. The third-order valence-corrected chi connectivity index (χ3v) is 5.47. The second kappa shape index (κ2) is 7.25. The van der Waals surface area contributed by atoms with Gasteiger partial charge in [0.15, 0.2) is 0 Å². The maximum absolute atomic E-state index is 12.2. The fourth-order valence-corrected chi connectivity index (χ4v) is 4.27. The van der Waals surface area contributed by atoms with Crippen molar-refractivity contribution in [3.8, 4) is 22.4 Å². The molecule has 0 saturated carbocycles. The molecule has 0 unspecified atom stereocenters. The zero-order valence-electron chi connectivity index (χ0n) is 16.7. The predicted molar refractivity (Wildman–Crippen MR) is 118 cm³/mol. The molecule has 31 heavy (non-hydrogen) atoms. The van der Waals surface area contributed by atoms with Gasteiger partial charge in [-0.15, -0.1) is 0 Å². The van der Waals surface area contributed by atoms with Crippen molar-refractivity contribution in [3.05, 3.63) is 83.7 Å². The Labute approximate surface area is 177 Å². The number of aromatic carboxylic acids is 1. The van der Waals surface area contributed by atoms with Crippen molar-refractivity contribution in [3.63, 3.8) is 0 Å². The molecular formula is C25H18N2O4. The molecule has 2 aromatic carbocycles. The molecule has 0 saturated heterocycles. The van der Waals surface area contributed by atoms with Crippen molar-refractivity contribution in [2.75, 3.05) is 6.61 Å². The standard InChI is InChI=1S/C25H18N2O4/c1-2-31-21(28)12-18-14-6-3-4-7-15(14)22-16(18)8-5-9-17(22)24-23(25(29)30)19-13-26-11-10-20(19)27-24/h3-13,27H,2H2,1H3,(H,29,30). The summed E-state index contributed by atoms with van der Waals surface area (Å²) in [6, 6.07) is 15.2. The van der Waals surface area contributed by atoms with E-state index in [2.05, 4.69) is 9.97 Å². The summed E-state index contributed by atoms with van der Waals surface area (Å²) in [6.07, 6.45) is 4.69. The number of carboxylic acid groups (broad SMARTS) is 1. The molecule has 6 nitrogen and oxygen atoms in total. The molecule has 4 aromatic rings. The summed E-state index contributed by atoms with van der Waals surface area (Å²) in [6.45, 7) is 2.06. The van der Waals surface area contributed by atoms with Crippen LogP contribution in [-0.4, -0.2) is 33.6 Å². The van der Waals surface area contributed by atoms with E-state index in [0.717, 1.165) is 33.4 Å². The quantitative estimate of drug-likeness (QED) is 0.325. The minimum Gasteiger partial charge on any atom is -0.478 e. The average Bonchev–Trinajstić information content (AvgIpc) is 3.31. The van der Waals surface area contributed by atoms with Gasteiger partial charge >= 0.3 is 11.9 Å². The van der Waals surface area contributed by atoms with Gasteiger partial charge in [-0.3, -0.25) is 4.98 Å². The van der Waals surface area contributed by atoms with Crippen LogP contribution in [0.2, 0.25) is 0 Å². The molecule has 0 atom stereocenters. The van der Waals surface area contributed by atoms with Crippen LogP contribution in [0.25, 0.3) is 38.9 Å². The Morgan fingerprint density at radius 3 is 2.55 bits per heavy atom. The lowest BCUT2D eigenvalue weighted by molar-refractivity contribution is -0.137. The molecule has 2 aromatic heterocycles. The molecule has 2 heterocycles. The number of nitrogens with zero attached hydrogens (tertiary/aromatic N) is 1. The van der Waals surface area contributed by atoms with Crippen LogP contribution >= 0.6 is 0 Å². The maximum atomic E-state index is 12.2. The molecule has 1 aliphatic rings. The SMILES string of the molecule is CCOC(=O)C=C1c2ccccc2-c2c1cccc2-c1[nH]c2ccncc2c1C(=O)O. The van der Waals surface area contributed by atoms with Crippen molar-refractivity contribution in [1.29, 1.82) is 0 Å². The first-order valence-corrected chi connectivity index (χ1v) is 9.91. The van der Waals surface area contributed by atoms with Crippen LogP contribution < -0.4 is 0 Å². The van der Waals surface area contributed by atoms with E-state index in [0.29, 0.717) is 23.2 Å². The third kappa shape index (κ3) is 2.92. The number of aromatic amines is 1.